The first-order chi connectivity index (χ1) is 4.41. The van der Waals surface area contributed by atoms with E-state index in [4.69, 9.17) is 0 Å². The molecule has 0 radical (unpaired) electrons. The van der Waals surface area contributed by atoms with E-state index in [9.17, 15) is 0 Å². The molecule has 0 unspecified atom stereocenters. The van der Waals surface area contributed by atoms with Crippen molar-refractivity contribution in [2.45, 2.75) is 51.9 Å². The molecule has 1 fully saturated rings. The summed E-state index contributed by atoms with van der Waals surface area (Å²) in [6.07, 6.45) is 9.78. The van der Waals surface area contributed by atoms with Gasteiger partial charge in [0.25, 0.3) is 0 Å². The molecule has 56 valence electrons. The van der Waals surface area contributed by atoms with E-state index in [2.05, 4.69) is 13.8 Å². The molecule has 0 aromatic rings. The van der Waals surface area contributed by atoms with Gasteiger partial charge in [-0.3, -0.25) is 0 Å². The maximum absolute atomic E-state index is 3.60. The first-order valence-corrected chi connectivity index (χ1v) is 4.21. The minimum Gasteiger partial charge on any atom is -0.343 e. The van der Waals surface area contributed by atoms with Gasteiger partial charge in [-0.1, -0.05) is 45.4 Å². The quantitative estimate of drug-likeness (QED) is 0.363. The van der Waals surface area contributed by atoms with Crippen molar-refractivity contribution in [1.29, 1.82) is 0 Å². The van der Waals surface area contributed by atoms with Crippen molar-refractivity contribution < 1.29 is 18.9 Å². The van der Waals surface area contributed by atoms with Gasteiger partial charge in [-0.2, -0.15) is 6.42 Å². The van der Waals surface area contributed by atoms with Crippen molar-refractivity contribution in [3.05, 3.63) is 6.92 Å². The summed E-state index contributed by atoms with van der Waals surface area (Å²) in [5.41, 5.74) is 0. The fourth-order valence-corrected chi connectivity index (χ4v) is 0.884. The zero-order chi connectivity index (χ0) is 6.95. The van der Waals surface area contributed by atoms with Crippen molar-refractivity contribution >= 4 is 0 Å². The van der Waals surface area contributed by atoms with Crippen LogP contribution in [0.5, 0.6) is 0 Å². The van der Waals surface area contributed by atoms with Gasteiger partial charge in [0.2, 0.25) is 0 Å². The third kappa shape index (κ3) is 11.4. The van der Waals surface area contributed by atoms with Gasteiger partial charge in [0.1, 0.15) is 0 Å². The Morgan fingerprint density at radius 1 is 1.00 bits per heavy atom. The average molecular weight is 134 g/mol. The van der Waals surface area contributed by atoms with Crippen LogP contribution in [-0.4, -0.2) is 0 Å². The molecule has 0 saturated heterocycles. The van der Waals surface area contributed by atoms with Crippen LogP contribution in [0.1, 0.15) is 51.9 Å². The normalized spacial score (nSPS) is 15.0. The van der Waals surface area contributed by atoms with Crippen LogP contribution in [0.2, 0.25) is 0 Å². The molecule has 0 aliphatic heterocycles. The van der Waals surface area contributed by atoms with Crippen molar-refractivity contribution in [3.8, 4) is 0 Å². The summed E-state index contributed by atoms with van der Waals surface area (Å²) in [7, 11) is 0. The average Bonchev–Trinajstić information content (AvgIpc) is 2.43. The molecule has 1 aliphatic carbocycles. The summed E-state index contributed by atoms with van der Waals surface area (Å²) in [4.78, 5) is 0. The van der Waals surface area contributed by atoms with Crippen LogP contribution in [0.25, 0.3) is 0 Å². The summed E-state index contributed by atoms with van der Waals surface area (Å²) in [5, 5.41) is 0. The van der Waals surface area contributed by atoms with Crippen molar-refractivity contribution in [2.24, 2.45) is 0 Å². The van der Waals surface area contributed by atoms with E-state index in [0.717, 1.165) is 6.42 Å². The van der Waals surface area contributed by atoms with E-state index in [-0.39, 0.29) is 18.9 Å². The molecule has 0 nitrogen and oxygen atoms in total. The van der Waals surface area contributed by atoms with Crippen LogP contribution < -0.4 is 18.9 Å². The molecule has 0 atom stereocenters. The minimum atomic E-state index is 0. The second kappa shape index (κ2) is 12.3. The van der Waals surface area contributed by atoms with Gasteiger partial charge in [0, 0.05) is 0 Å². The maximum atomic E-state index is 3.60. The predicted molar refractivity (Wildman–Crippen MR) is 43.4 cm³/mol. The van der Waals surface area contributed by atoms with Crippen LogP contribution in [0.4, 0.5) is 0 Å². The van der Waals surface area contributed by atoms with Crippen LogP contribution in [0, 0.1) is 6.92 Å². The molecule has 0 heterocycles. The molecule has 0 aromatic heterocycles. The molecule has 0 amide bonds. The summed E-state index contributed by atoms with van der Waals surface area (Å²) < 4.78 is 0. The SMILES string of the molecule is C1CCCC1.[CH2-]CCC.[Li+]. The van der Waals surface area contributed by atoms with Gasteiger partial charge in [0.05, 0.1) is 0 Å². The number of hydrogen-bond acceptors (Lipinski definition) is 0. The number of rotatable bonds is 1. The molecule has 0 aromatic carbocycles. The van der Waals surface area contributed by atoms with E-state index in [1.807, 2.05) is 0 Å². The largest absolute Gasteiger partial charge is 1.00 e. The van der Waals surface area contributed by atoms with E-state index in [0.29, 0.717) is 0 Å². The van der Waals surface area contributed by atoms with Gasteiger partial charge in [0.15, 0.2) is 0 Å². The summed E-state index contributed by atoms with van der Waals surface area (Å²) in [6.45, 7) is 5.72. The molecule has 0 bridgehead atoms. The van der Waals surface area contributed by atoms with E-state index >= 15 is 0 Å². The van der Waals surface area contributed by atoms with Crippen LogP contribution >= 0.6 is 0 Å². The summed E-state index contributed by atoms with van der Waals surface area (Å²) in [5.74, 6) is 0. The van der Waals surface area contributed by atoms with Crippen molar-refractivity contribution in [2.75, 3.05) is 0 Å². The van der Waals surface area contributed by atoms with Gasteiger partial charge in [-0.05, 0) is 0 Å². The van der Waals surface area contributed by atoms with Crippen molar-refractivity contribution in [1.82, 2.24) is 0 Å². The Balaban J connectivity index is 0. The first-order valence-electron chi connectivity index (χ1n) is 4.21. The molecule has 1 heteroatoms. The van der Waals surface area contributed by atoms with Crippen LogP contribution in [0.3, 0.4) is 0 Å². The Morgan fingerprint density at radius 3 is 1.30 bits per heavy atom. The Labute approximate surface area is 78.0 Å². The predicted octanol–water partition coefficient (Wildman–Crippen LogP) is 0.575. The minimum absolute atomic E-state index is 0. The van der Waals surface area contributed by atoms with Crippen LogP contribution in [0.15, 0.2) is 0 Å². The fraction of sp³-hybridized carbons (Fsp3) is 0.889. The van der Waals surface area contributed by atoms with E-state index < -0.39 is 0 Å². The molecule has 1 saturated carbocycles. The zero-order valence-corrected chi connectivity index (χ0v) is 7.66. The zero-order valence-electron chi connectivity index (χ0n) is 7.66. The molecule has 0 spiro atoms. The Hall–Kier alpha value is 0.597. The molecule has 1 aliphatic rings. The van der Waals surface area contributed by atoms with Gasteiger partial charge in [-0.15, -0.1) is 0 Å². The summed E-state index contributed by atoms with van der Waals surface area (Å²) >= 11 is 0. The smallest absolute Gasteiger partial charge is 0.343 e. The van der Waals surface area contributed by atoms with E-state index in [1.54, 1.807) is 0 Å². The molecule has 1 rings (SSSR count). The monoisotopic (exact) mass is 134 g/mol. The van der Waals surface area contributed by atoms with Gasteiger partial charge in [-0.25, -0.2) is 0 Å². The fourth-order valence-electron chi connectivity index (χ4n) is 0.884. The van der Waals surface area contributed by atoms with Crippen molar-refractivity contribution in [3.63, 3.8) is 0 Å². The molecule has 10 heavy (non-hydrogen) atoms. The third-order valence-corrected chi connectivity index (χ3v) is 1.60. The second-order valence-electron chi connectivity index (χ2n) is 2.62. The Kier molecular flexibility index (Phi) is 16.2. The summed E-state index contributed by atoms with van der Waals surface area (Å²) in [6, 6.07) is 0. The molecule has 0 N–H and O–H groups in total. The third-order valence-electron chi connectivity index (χ3n) is 1.60. The number of unbranched alkanes of at least 4 members (excludes halogenated alkanes) is 1. The standard InChI is InChI=1S/C5H10.C4H9.Li/c1-2-4-5-3-1;1-3-4-2;/h1-5H2;1,3-4H2,2H3;/q;-1;+1. The van der Waals surface area contributed by atoms with Crippen LogP contribution in [-0.2, 0) is 0 Å². The molecular formula is C9H19Li. The van der Waals surface area contributed by atoms with E-state index in [1.165, 1.54) is 38.5 Å². The topological polar surface area (TPSA) is 0 Å². The Bertz CT molecular complexity index is 30.4. The molecular weight excluding hydrogens is 115 g/mol. The maximum Gasteiger partial charge on any atom is 1.00 e. The van der Waals surface area contributed by atoms with Gasteiger partial charge >= 0.3 is 18.9 Å². The Morgan fingerprint density at radius 2 is 1.20 bits per heavy atom. The first kappa shape index (κ1) is 13.2. The van der Waals surface area contributed by atoms with Gasteiger partial charge < -0.3 is 6.92 Å². The number of hydrogen-bond donors (Lipinski definition) is 0. The second-order valence-corrected chi connectivity index (χ2v) is 2.62.